The number of ether oxygens (including phenoxy) is 2. The fourth-order valence-corrected chi connectivity index (χ4v) is 4.32. The first-order chi connectivity index (χ1) is 13.2. The second kappa shape index (κ2) is 9.38. The van der Waals surface area contributed by atoms with E-state index in [4.69, 9.17) is 9.47 Å². The molecule has 0 N–H and O–H groups in total. The molecule has 156 valence electrons. The third-order valence-electron chi connectivity index (χ3n) is 4.90. The third-order valence-corrected chi connectivity index (χ3v) is 6.74. The van der Waals surface area contributed by atoms with Gasteiger partial charge in [-0.15, -0.1) is 0 Å². The summed E-state index contributed by atoms with van der Waals surface area (Å²) in [4.78, 5) is 26.5. The number of rotatable bonds is 7. The Bertz CT molecular complexity index is 822. The van der Waals surface area contributed by atoms with Crippen molar-refractivity contribution in [1.82, 2.24) is 9.21 Å². The van der Waals surface area contributed by atoms with Gasteiger partial charge >= 0.3 is 5.97 Å². The van der Waals surface area contributed by atoms with Crippen molar-refractivity contribution in [3.63, 3.8) is 0 Å². The number of hydrogen-bond donors (Lipinski definition) is 0. The monoisotopic (exact) mass is 412 g/mol. The summed E-state index contributed by atoms with van der Waals surface area (Å²) >= 11 is 0. The highest BCUT2D eigenvalue weighted by atomic mass is 32.2. The van der Waals surface area contributed by atoms with Crippen molar-refractivity contribution in [3.8, 4) is 5.75 Å². The molecule has 28 heavy (non-hydrogen) atoms. The number of nitrogens with zero attached hydrogens (tertiary/aromatic N) is 2. The summed E-state index contributed by atoms with van der Waals surface area (Å²) in [5.41, 5.74) is 0.0414. The van der Waals surface area contributed by atoms with Gasteiger partial charge in [0.05, 0.1) is 12.7 Å². The van der Waals surface area contributed by atoms with Crippen molar-refractivity contribution < 1.29 is 27.5 Å². The van der Waals surface area contributed by atoms with Gasteiger partial charge in [0.1, 0.15) is 10.6 Å². The SMILES string of the molecule is CC[C@H]1CCCCN1C(=O)COC(=O)c1ccc(OC)c(S(=O)(=O)N(C)C)c1. The zero-order valence-electron chi connectivity index (χ0n) is 16.8. The van der Waals surface area contributed by atoms with Crippen LogP contribution in [-0.2, 0) is 19.6 Å². The number of esters is 1. The van der Waals surface area contributed by atoms with Crippen LogP contribution >= 0.6 is 0 Å². The predicted molar refractivity (Wildman–Crippen MR) is 104 cm³/mol. The van der Waals surface area contributed by atoms with Crippen molar-refractivity contribution >= 4 is 21.9 Å². The number of piperidine rings is 1. The summed E-state index contributed by atoms with van der Waals surface area (Å²) in [5, 5.41) is 0. The van der Waals surface area contributed by atoms with Gasteiger partial charge in [-0.2, -0.15) is 0 Å². The van der Waals surface area contributed by atoms with Crippen molar-refractivity contribution in [2.75, 3.05) is 34.4 Å². The van der Waals surface area contributed by atoms with E-state index in [1.807, 2.05) is 6.92 Å². The second-order valence-corrected chi connectivity index (χ2v) is 8.99. The Morgan fingerprint density at radius 3 is 2.57 bits per heavy atom. The van der Waals surface area contributed by atoms with Gasteiger partial charge < -0.3 is 14.4 Å². The summed E-state index contributed by atoms with van der Waals surface area (Å²) in [7, 11) is 0.321. The zero-order chi connectivity index (χ0) is 20.9. The highest BCUT2D eigenvalue weighted by Crippen LogP contribution is 2.27. The molecule has 0 radical (unpaired) electrons. The van der Waals surface area contributed by atoms with Crippen molar-refractivity contribution in [3.05, 3.63) is 23.8 Å². The van der Waals surface area contributed by atoms with Crippen LogP contribution in [0.1, 0.15) is 43.0 Å². The molecular weight excluding hydrogens is 384 g/mol. The van der Waals surface area contributed by atoms with Crippen LogP contribution in [0.2, 0.25) is 0 Å². The van der Waals surface area contributed by atoms with Crippen LogP contribution in [0.5, 0.6) is 5.75 Å². The molecule has 1 aromatic carbocycles. The summed E-state index contributed by atoms with van der Waals surface area (Å²) in [6.07, 6.45) is 3.86. The number of hydrogen-bond acceptors (Lipinski definition) is 6. The number of sulfonamides is 1. The maximum atomic E-state index is 12.5. The molecule has 0 spiro atoms. The van der Waals surface area contributed by atoms with Crippen LogP contribution in [0.4, 0.5) is 0 Å². The smallest absolute Gasteiger partial charge is 0.338 e. The standard InChI is InChI=1S/C19H28N2O6S/c1-5-15-8-6-7-11-21(15)18(22)13-27-19(23)14-9-10-16(26-4)17(12-14)28(24,25)20(2)3/h9-10,12,15H,5-8,11,13H2,1-4H3/t15-/m0/s1. The largest absolute Gasteiger partial charge is 0.495 e. The van der Waals surface area contributed by atoms with Crippen molar-refractivity contribution in [2.24, 2.45) is 0 Å². The predicted octanol–water partition coefficient (Wildman–Crippen LogP) is 1.89. The molecule has 1 aliphatic rings. The van der Waals surface area contributed by atoms with Crippen LogP contribution in [0, 0.1) is 0 Å². The minimum absolute atomic E-state index is 0.0414. The van der Waals surface area contributed by atoms with Crippen LogP contribution in [0.25, 0.3) is 0 Å². The molecular formula is C19H28N2O6S. The summed E-state index contributed by atoms with van der Waals surface area (Å²) in [6, 6.07) is 4.19. The topological polar surface area (TPSA) is 93.2 Å². The Morgan fingerprint density at radius 1 is 1.25 bits per heavy atom. The highest BCUT2D eigenvalue weighted by Gasteiger charge is 2.27. The summed E-state index contributed by atoms with van der Waals surface area (Å²) < 4.78 is 36.2. The zero-order valence-corrected chi connectivity index (χ0v) is 17.6. The van der Waals surface area contributed by atoms with Gasteiger partial charge in [0, 0.05) is 26.7 Å². The van der Waals surface area contributed by atoms with E-state index in [0.717, 1.165) is 30.0 Å². The average Bonchev–Trinajstić information content (AvgIpc) is 2.70. The molecule has 1 heterocycles. The number of amides is 1. The maximum absolute atomic E-state index is 12.5. The van der Waals surface area contributed by atoms with Crippen molar-refractivity contribution in [1.29, 1.82) is 0 Å². The number of likely N-dealkylation sites (tertiary alicyclic amines) is 1. The number of methoxy groups -OCH3 is 1. The normalized spacial score (nSPS) is 17.5. The van der Waals surface area contributed by atoms with Gasteiger partial charge in [0.15, 0.2) is 6.61 Å². The summed E-state index contributed by atoms with van der Waals surface area (Å²) in [5.74, 6) is -0.855. The fraction of sp³-hybridized carbons (Fsp3) is 0.579. The van der Waals surface area contributed by atoms with E-state index < -0.39 is 16.0 Å². The van der Waals surface area contributed by atoms with Gasteiger partial charge in [0.2, 0.25) is 10.0 Å². The van der Waals surface area contributed by atoms with Gasteiger partial charge in [0.25, 0.3) is 5.91 Å². The summed E-state index contributed by atoms with van der Waals surface area (Å²) in [6.45, 7) is 2.34. The van der Waals surface area contributed by atoms with Crippen LogP contribution in [0.3, 0.4) is 0 Å². The molecule has 1 aromatic rings. The Balaban J connectivity index is 2.13. The maximum Gasteiger partial charge on any atom is 0.338 e. The van der Waals surface area contributed by atoms with E-state index in [1.165, 1.54) is 39.4 Å². The van der Waals surface area contributed by atoms with Gasteiger partial charge in [-0.1, -0.05) is 6.92 Å². The molecule has 0 aliphatic carbocycles. The molecule has 8 nitrogen and oxygen atoms in total. The van der Waals surface area contributed by atoms with Gasteiger partial charge in [-0.05, 0) is 43.9 Å². The highest BCUT2D eigenvalue weighted by molar-refractivity contribution is 7.89. The first-order valence-electron chi connectivity index (χ1n) is 9.29. The lowest BCUT2D eigenvalue weighted by Crippen LogP contribution is -2.45. The lowest BCUT2D eigenvalue weighted by molar-refractivity contribution is -0.138. The molecule has 1 fully saturated rings. The van der Waals surface area contributed by atoms with E-state index in [2.05, 4.69) is 0 Å². The fourth-order valence-electron chi connectivity index (χ4n) is 3.25. The molecule has 0 bridgehead atoms. The minimum Gasteiger partial charge on any atom is -0.495 e. The molecule has 0 unspecified atom stereocenters. The third kappa shape index (κ3) is 4.82. The Kier molecular flexibility index (Phi) is 7.42. The second-order valence-electron chi connectivity index (χ2n) is 6.87. The van der Waals surface area contributed by atoms with E-state index >= 15 is 0 Å². The Labute approximate surface area is 166 Å². The molecule has 1 aliphatic heterocycles. The number of carbonyl (C=O) groups excluding carboxylic acids is 2. The first kappa shape index (κ1) is 22.2. The van der Waals surface area contributed by atoms with E-state index in [9.17, 15) is 18.0 Å². The van der Waals surface area contributed by atoms with Crippen LogP contribution in [-0.4, -0.2) is 69.9 Å². The molecule has 1 atom stereocenters. The van der Waals surface area contributed by atoms with Gasteiger partial charge in [-0.25, -0.2) is 17.5 Å². The molecule has 0 saturated carbocycles. The molecule has 1 amide bonds. The lowest BCUT2D eigenvalue weighted by atomic mass is 10.00. The average molecular weight is 413 g/mol. The number of benzene rings is 1. The quantitative estimate of drug-likeness (QED) is 0.635. The Hall–Kier alpha value is -2.13. The lowest BCUT2D eigenvalue weighted by Gasteiger charge is -2.35. The molecule has 1 saturated heterocycles. The Morgan fingerprint density at radius 2 is 1.96 bits per heavy atom. The van der Waals surface area contributed by atoms with Crippen LogP contribution < -0.4 is 4.74 Å². The number of carbonyl (C=O) groups is 2. The van der Waals surface area contributed by atoms with Crippen molar-refractivity contribution in [2.45, 2.75) is 43.5 Å². The molecule has 0 aromatic heterocycles. The van der Waals surface area contributed by atoms with Gasteiger partial charge in [-0.3, -0.25) is 4.79 Å². The first-order valence-corrected chi connectivity index (χ1v) is 10.7. The van der Waals surface area contributed by atoms with E-state index in [0.29, 0.717) is 6.54 Å². The molecule has 9 heteroatoms. The van der Waals surface area contributed by atoms with E-state index in [-0.39, 0.29) is 34.8 Å². The minimum atomic E-state index is -3.81. The van der Waals surface area contributed by atoms with Crippen LogP contribution in [0.15, 0.2) is 23.1 Å². The van der Waals surface area contributed by atoms with E-state index in [1.54, 1.807) is 4.90 Å². The molecule has 2 rings (SSSR count).